The molecule has 0 aromatic heterocycles. The highest BCUT2D eigenvalue weighted by Crippen LogP contribution is 2.17. The van der Waals surface area contributed by atoms with Crippen molar-refractivity contribution in [2.24, 2.45) is 5.92 Å². The fourth-order valence-electron chi connectivity index (χ4n) is 2.69. The van der Waals surface area contributed by atoms with Crippen LogP contribution in [0.3, 0.4) is 0 Å². The lowest BCUT2D eigenvalue weighted by Crippen LogP contribution is -2.45. The quantitative estimate of drug-likeness (QED) is 0.703. The van der Waals surface area contributed by atoms with Gasteiger partial charge in [-0.05, 0) is 31.8 Å². The highest BCUT2D eigenvalue weighted by Gasteiger charge is 2.28. The molecule has 0 spiro atoms. The summed E-state index contributed by atoms with van der Waals surface area (Å²) in [6.45, 7) is 9.77. The number of likely N-dealkylation sites (tertiary alicyclic amines) is 1. The van der Waals surface area contributed by atoms with Crippen molar-refractivity contribution < 1.29 is 13.2 Å². The Morgan fingerprint density at radius 3 is 2.18 bits per heavy atom. The molecular weight excluding hydrogens is 326 g/mol. The van der Waals surface area contributed by atoms with E-state index in [-0.39, 0.29) is 18.3 Å². The summed E-state index contributed by atoms with van der Waals surface area (Å²) in [4.78, 5) is 13.9. The van der Waals surface area contributed by atoms with Gasteiger partial charge >= 0.3 is 0 Å². The lowest BCUT2D eigenvalue weighted by Gasteiger charge is -2.32. The number of nitrogens with one attached hydrogen (secondary N) is 1. The smallest absolute Gasteiger partial charge is 0.239 e. The van der Waals surface area contributed by atoms with Gasteiger partial charge in [-0.2, -0.15) is 0 Å². The van der Waals surface area contributed by atoms with Crippen molar-refractivity contribution in [3.8, 4) is 0 Å². The van der Waals surface area contributed by atoms with Gasteiger partial charge < -0.3 is 10.2 Å². The summed E-state index contributed by atoms with van der Waals surface area (Å²) >= 11 is 0. The molecule has 0 aromatic rings. The van der Waals surface area contributed by atoms with Crippen LogP contribution in [0.4, 0.5) is 0 Å². The van der Waals surface area contributed by atoms with Crippen molar-refractivity contribution in [2.75, 3.05) is 45.0 Å². The van der Waals surface area contributed by atoms with Gasteiger partial charge in [-0.3, -0.25) is 4.79 Å². The molecule has 1 N–H and O–H groups in total. The number of hydrogen-bond donors (Lipinski definition) is 1. The Hall–Kier alpha value is -0.370. The zero-order valence-electron chi connectivity index (χ0n) is 13.9. The van der Waals surface area contributed by atoms with Gasteiger partial charge in [0.05, 0.1) is 0 Å². The van der Waals surface area contributed by atoms with Gasteiger partial charge in [-0.1, -0.05) is 20.8 Å². The molecule has 0 unspecified atom stereocenters. The summed E-state index contributed by atoms with van der Waals surface area (Å²) in [5.41, 5.74) is 0. The van der Waals surface area contributed by atoms with E-state index in [1.807, 2.05) is 0 Å². The lowest BCUT2D eigenvalue weighted by atomic mass is 9.97. The molecule has 0 aromatic carbocycles. The zero-order valence-corrected chi connectivity index (χ0v) is 15.5. The third-order valence-electron chi connectivity index (χ3n) is 4.05. The summed E-state index contributed by atoms with van der Waals surface area (Å²) in [5.74, 6) is -0.0655. The monoisotopic (exact) mass is 355 g/mol. The molecule has 132 valence electrons. The van der Waals surface area contributed by atoms with Crippen LogP contribution in [0.5, 0.6) is 0 Å². The molecule has 6 nitrogen and oxygen atoms in total. The molecule has 1 amide bonds. The molecule has 1 saturated heterocycles. The summed E-state index contributed by atoms with van der Waals surface area (Å²) in [6.07, 6.45) is 1.90. The highest BCUT2D eigenvalue weighted by molar-refractivity contribution is 7.89. The first kappa shape index (κ1) is 21.6. The first-order valence-electron chi connectivity index (χ1n) is 7.90. The van der Waals surface area contributed by atoms with Crippen molar-refractivity contribution >= 4 is 28.3 Å². The Labute approximate surface area is 141 Å². The molecule has 1 heterocycles. The van der Waals surface area contributed by atoms with Crippen molar-refractivity contribution in [2.45, 2.75) is 33.6 Å². The van der Waals surface area contributed by atoms with E-state index in [9.17, 15) is 13.2 Å². The molecule has 1 aliphatic rings. The van der Waals surface area contributed by atoms with Crippen LogP contribution in [0.15, 0.2) is 0 Å². The largest absolute Gasteiger partial charge is 0.342 e. The minimum Gasteiger partial charge on any atom is -0.342 e. The van der Waals surface area contributed by atoms with Crippen LogP contribution < -0.4 is 5.32 Å². The predicted molar refractivity (Wildman–Crippen MR) is 91.8 cm³/mol. The minimum absolute atomic E-state index is 0. The van der Waals surface area contributed by atoms with Crippen LogP contribution in [0.25, 0.3) is 0 Å². The number of amides is 1. The van der Waals surface area contributed by atoms with Gasteiger partial charge in [0.1, 0.15) is 5.75 Å². The SMILES string of the molecule is CCNCC1CCN(C(=O)CS(=O)(=O)N(CC)CC)CC1.Cl. The van der Waals surface area contributed by atoms with E-state index in [2.05, 4.69) is 12.2 Å². The maximum Gasteiger partial charge on any atom is 0.239 e. The average molecular weight is 356 g/mol. The van der Waals surface area contributed by atoms with E-state index in [0.717, 1.165) is 25.9 Å². The molecule has 0 radical (unpaired) electrons. The summed E-state index contributed by atoms with van der Waals surface area (Å²) in [6, 6.07) is 0. The van der Waals surface area contributed by atoms with E-state index in [1.54, 1.807) is 18.7 Å². The Bertz CT molecular complexity index is 419. The van der Waals surface area contributed by atoms with E-state index in [1.165, 1.54) is 4.31 Å². The van der Waals surface area contributed by atoms with Gasteiger partial charge in [0.25, 0.3) is 0 Å². The van der Waals surface area contributed by atoms with Gasteiger partial charge in [-0.15, -0.1) is 12.4 Å². The highest BCUT2D eigenvalue weighted by atomic mass is 35.5. The van der Waals surface area contributed by atoms with Crippen LogP contribution in [-0.4, -0.2) is 68.6 Å². The number of sulfonamides is 1. The number of carbonyl (C=O) groups excluding carboxylic acids is 1. The zero-order chi connectivity index (χ0) is 15.9. The van der Waals surface area contributed by atoms with Crippen LogP contribution in [0.1, 0.15) is 33.6 Å². The molecule has 0 bridgehead atoms. The number of nitrogens with zero attached hydrogens (tertiary/aromatic N) is 2. The van der Waals surface area contributed by atoms with Gasteiger partial charge in [0.2, 0.25) is 15.9 Å². The standard InChI is InChI=1S/C14H29N3O3S.ClH/c1-4-15-11-13-7-9-16(10-8-13)14(18)12-21(19,20)17(5-2)6-3;/h13,15H,4-12H2,1-3H3;1H. The van der Waals surface area contributed by atoms with Crippen molar-refractivity contribution in [3.63, 3.8) is 0 Å². The third-order valence-corrected chi connectivity index (χ3v) is 5.97. The topological polar surface area (TPSA) is 69.7 Å². The first-order valence-corrected chi connectivity index (χ1v) is 9.51. The molecule has 0 atom stereocenters. The molecule has 1 aliphatic heterocycles. The molecule has 0 saturated carbocycles. The predicted octanol–water partition coefficient (Wildman–Crippen LogP) is 0.928. The van der Waals surface area contributed by atoms with E-state index in [4.69, 9.17) is 0 Å². The Kier molecular flexibility index (Phi) is 10.2. The summed E-state index contributed by atoms with van der Waals surface area (Å²) in [5, 5.41) is 3.32. The van der Waals surface area contributed by atoms with E-state index >= 15 is 0 Å². The van der Waals surface area contributed by atoms with Crippen molar-refractivity contribution in [3.05, 3.63) is 0 Å². The second-order valence-electron chi connectivity index (χ2n) is 5.47. The second-order valence-corrected chi connectivity index (χ2v) is 7.44. The van der Waals surface area contributed by atoms with Gasteiger partial charge in [0.15, 0.2) is 0 Å². The maximum absolute atomic E-state index is 12.2. The molecule has 1 rings (SSSR count). The Morgan fingerprint density at radius 1 is 1.18 bits per heavy atom. The van der Waals surface area contributed by atoms with Crippen molar-refractivity contribution in [1.82, 2.24) is 14.5 Å². The fraction of sp³-hybridized carbons (Fsp3) is 0.929. The van der Waals surface area contributed by atoms with Crippen LogP contribution in [0, 0.1) is 5.92 Å². The molecule has 22 heavy (non-hydrogen) atoms. The number of hydrogen-bond acceptors (Lipinski definition) is 4. The number of rotatable bonds is 8. The van der Waals surface area contributed by atoms with Crippen LogP contribution in [0.2, 0.25) is 0 Å². The second kappa shape index (κ2) is 10.4. The van der Waals surface area contributed by atoms with Crippen LogP contribution in [-0.2, 0) is 14.8 Å². The Morgan fingerprint density at radius 2 is 1.73 bits per heavy atom. The number of piperidine rings is 1. The molecule has 0 aliphatic carbocycles. The molecule has 1 fully saturated rings. The first-order chi connectivity index (χ1) is 9.94. The van der Waals surface area contributed by atoms with Crippen LogP contribution >= 0.6 is 12.4 Å². The maximum atomic E-state index is 12.2. The average Bonchev–Trinajstić information content (AvgIpc) is 2.46. The van der Waals surface area contributed by atoms with Gasteiger partial charge in [0, 0.05) is 26.2 Å². The normalized spacial score (nSPS) is 16.6. The fourth-order valence-corrected chi connectivity index (χ4v) is 4.15. The third kappa shape index (κ3) is 6.40. The van der Waals surface area contributed by atoms with E-state index in [0.29, 0.717) is 32.1 Å². The summed E-state index contributed by atoms with van der Waals surface area (Å²) in [7, 11) is -3.47. The Balaban J connectivity index is 0.00000441. The molecular formula is C14H30ClN3O3S. The molecule has 8 heteroatoms. The summed E-state index contributed by atoms with van der Waals surface area (Å²) < 4.78 is 25.6. The number of halogens is 1. The van der Waals surface area contributed by atoms with Crippen molar-refractivity contribution in [1.29, 1.82) is 0 Å². The lowest BCUT2D eigenvalue weighted by molar-refractivity contribution is -0.129. The number of carbonyl (C=O) groups is 1. The van der Waals surface area contributed by atoms with E-state index < -0.39 is 15.8 Å². The van der Waals surface area contributed by atoms with Gasteiger partial charge in [-0.25, -0.2) is 12.7 Å². The minimum atomic E-state index is -3.47.